The zero-order chi connectivity index (χ0) is 18.1. The molecule has 4 rings (SSSR count). The monoisotopic (exact) mass is 367 g/mol. The number of benzene rings is 2. The third-order valence-electron chi connectivity index (χ3n) is 4.15. The Morgan fingerprint density at radius 1 is 1.23 bits per heavy atom. The van der Waals surface area contributed by atoms with Gasteiger partial charge < -0.3 is 10.1 Å². The molecule has 3 aromatic rings. The lowest BCUT2D eigenvalue weighted by molar-refractivity contribution is -0.125. The molecular formula is C19H14ClN3O3. The van der Waals surface area contributed by atoms with Crippen molar-refractivity contribution < 1.29 is 14.3 Å². The van der Waals surface area contributed by atoms with E-state index in [1.54, 1.807) is 53.5 Å². The Bertz CT molecular complexity index is 985. The predicted octanol–water partition coefficient (Wildman–Crippen LogP) is 3.25. The summed E-state index contributed by atoms with van der Waals surface area (Å²) in [6.45, 7) is 0. The zero-order valence-corrected chi connectivity index (χ0v) is 14.3. The van der Waals surface area contributed by atoms with Gasteiger partial charge in [0.1, 0.15) is 0 Å². The summed E-state index contributed by atoms with van der Waals surface area (Å²) in [5, 5.41) is 7.50. The first-order chi connectivity index (χ1) is 12.6. The number of amides is 1. The van der Waals surface area contributed by atoms with Crippen LogP contribution in [0.2, 0.25) is 5.02 Å². The number of carbonyl (C=O) groups excluding carboxylic acids is 2. The SMILES string of the molecule is O=C1O[C@@H](C(=O)Nc2ccc(Cl)cc2-n2cccn2)Cc2ccccc21. The molecule has 0 fully saturated rings. The highest BCUT2D eigenvalue weighted by Gasteiger charge is 2.31. The van der Waals surface area contributed by atoms with Gasteiger partial charge in [0.05, 0.1) is 16.9 Å². The van der Waals surface area contributed by atoms with Gasteiger partial charge >= 0.3 is 5.97 Å². The molecular weight excluding hydrogens is 354 g/mol. The number of halogens is 1. The number of rotatable bonds is 3. The fourth-order valence-electron chi connectivity index (χ4n) is 2.90. The minimum Gasteiger partial charge on any atom is -0.448 e. The van der Waals surface area contributed by atoms with Gasteiger partial charge in [-0.1, -0.05) is 29.8 Å². The summed E-state index contributed by atoms with van der Waals surface area (Å²) >= 11 is 6.07. The van der Waals surface area contributed by atoms with Gasteiger partial charge in [-0.2, -0.15) is 5.10 Å². The molecule has 0 radical (unpaired) electrons. The molecule has 1 aliphatic heterocycles. The van der Waals surface area contributed by atoms with Crippen LogP contribution in [-0.4, -0.2) is 27.8 Å². The van der Waals surface area contributed by atoms with Crippen LogP contribution in [0, 0.1) is 0 Å². The van der Waals surface area contributed by atoms with Crippen LogP contribution in [0.1, 0.15) is 15.9 Å². The molecule has 26 heavy (non-hydrogen) atoms. The highest BCUT2D eigenvalue weighted by molar-refractivity contribution is 6.31. The van der Waals surface area contributed by atoms with Gasteiger partial charge in [0.25, 0.3) is 5.91 Å². The van der Waals surface area contributed by atoms with Crippen LogP contribution in [-0.2, 0) is 16.0 Å². The average molecular weight is 368 g/mol. The van der Waals surface area contributed by atoms with Gasteiger partial charge in [-0.25, -0.2) is 9.48 Å². The van der Waals surface area contributed by atoms with Crippen molar-refractivity contribution in [3.63, 3.8) is 0 Å². The van der Waals surface area contributed by atoms with Gasteiger partial charge in [-0.15, -0.1) is 0 Å². The van der Waals surface area contributed by atoms with E-state index in [1.807, 2.05) is 12.1 Å². The Hall–Kier alpha value is -3.12. The minimum atomic E-state index is -0.890. The van der Waals surface area contributed by atoms with E-state index in [4.69, 9.17) is 16.3 Å². The average Bonchev–Trinajstić information content (AvgIpc) is 3.17. The molecule has 2 aromatic carbocycles. The molecule has 2 heterocycles. The van der Waals surface area contributed by atoms with Crippen molar-refractivity contribution in [3.8, 4) is 5.69 Å². The van der Waals surface area contributed by atoms with Crippen LogP contribution in [0.25, 0.3) is 5.69 Å². The first-order valence-corrected chi connectivity index (χ1v) is 8.39. The topological polar surface area (TPSA) is 73.2 Å². The number of cyclic esters (lactones) is 1. The Balaban J connectivity index is 1.59. The Morgan fingerprint density at radius 2 is 2.08 bits per heavy atom. The zero-order valence-electron chi connectivity index (χ0n) is 13.6. The maximum Gasteiger partial charge on any atom is 0.339 e. The fourth-order valence-corrected chi connectivity index (χ4v) is 3.07. The molecule has 0 unspecified atom stereocenters. The molecule has 0 spiro atoms. The van der Waals surface area contributed by atoms with Crippen molar-refractivity contribution in [3.05, 3.63) is 77.1 Å². The normalized spacial score (nSPS) is 15.9. The van der Waals surface area contributed by atoms with Crippen molar-refractivity contribution in [2.24, 2.45) is 0 Å². The van der Waals surface area contributed by atoms with Gasteiger partial charge in [0.15, 0.2) is 6.10 Å². The molecule has 0 bridgehead atoms. The van der Waals surface area contributed by atoms with E-state index >= 15 is 0 Å². The smallest absolute Gasteiger partial charge is 0.339 e. The van der Waals surface area contributed by atoms with E-state index in [0.717, 1.165) is 5.56 Å². The van der Waals surface area contributed by atoms with Gasteiger partial charge in [0.2, 0.25) is 0 Å². The second-order valence-corrected chi connectivity index (χ2v) is 6.29. The molecule has 0 aliphatic carbocycles. The molecule has 1 amide bonds. The number of hydrogen-bond acceptors (Lipinski definition) is 4. The largest absolute Gasteiger partial charge is 0.448 e. The van der Waals surface area contributed by atoms with Crippen LogP contribution in [0.4, 0.5) is 5.69 Å². The van der Waals surface area contributed by atoms with E-state index in [9.17, 15) is 9.59 Å². The summed E-state index contributed by atoms with van der Waals surface area (Å²) in [5.41, 5.74) is 2.45. The standard InChI is InChI=1S/C19H14ClN3O3/c20-13-6-7-15(16(11-13)23-9-3-8-21-23)22-18(24)17-10-12-4-1-2-5-14(12)19(25)26-17/h1-9,11,17H,10H2,(H,22,24)/t17-/m1/s1. The summed E-state index contributed by atoms with van der Waals surface area (Å²) < 4.78 is 6.90. The van der Waals surface area contributed by atoms with Crippen molar-refractivity contribution >= 4 is 29.2 Å². The summed E-state index contributed by atoms with van der Waals surface area (Å²) in [7, 11) is 0. The summed E-state index contributed by atoms with van der Waals surface area (Å²) in [6, 6.07) is 14.0. The van der Waals surface area contributed by atoms with Gasteiger partial charge in [-0.05, 0) is 35.9 Å². The number of esters is 1. The van der Waals surface area contributed by atoms with Crippen LogP contribution in [0.5, 0.6) is 0 Å². The Labute approximate surface area is 154 Å². The third kappa shape index (κ3) is 3.07. The van der Waals surface area contributed by atoms with Gasteiger partial charge in [0, 0.05) is 23.8 Å². The van der Waals surface area contributed by atoms with Crippen molar-refractivity contribution in [1.29, 1.82) is 0 Å². The molecule has 1 N–H and O–H groups in total. The van der Waals surface area contributed by atoms with E-state index in [1.165, 1.54) is 0 Å². The maximum atomic E-state index is 12.7. The fraction of sp³-hybridized carbons (Fsp3) is 0.105. The second-order valence-electron chi connectivity index (χ2n) is 5.86. The molecule has 1 aliphatic rings. The van der Waals surface area contributed by atoms with E-state index in [0.29, 0.717) is 28.4 Å². The highest BCUT2D eigenvalue weighted by Crippen LogP contribution is 2.26. The van der Waals surface area contributed by atoms with E-state index in [-0.39, 0.29) is 0 Å². The number of aromatic nitrogens is 2. The van der Waals surface area contributed by atoms with Crippen molar-refractivity contribution in [2.75, 3.05) is 5.32 Å². The van der Waals surface area contributed by atoms with Crippen molar-refractivity contribution in [2.45, 2.75) is 12.5 Å². The first kappa shape index (κ1) is 16.4. The van der Waals surface area contributed by atoms with E-state index < -0.39 is 18.0 Å². The summed E-state index contributed by atoms with van der Waals surface area (Å²) in [4.78, 5) is 24.8. The third-order valence-corrected chi connectivity index (χ3v) is 4.39. The molecule has 6 nitrogen and oxygen atoms in total. The number of fused-ring (bicyclic) bond motifs is 1. The lowest BCUT2D eigenvalue weighted by atomic mass is 9.98. The molecule has 1 aromatic heterocycles. The van der Waals surface area contributed by atoms with Gasteiger partial charge in [-0.3, -0.25) is 4.79 Å². The number of carbonyl (C=O) groups is 2. The lowest BCUT2D eigenvalue weighted by Gasteiger charge is -2.24. The van der Waals surface area contributed by atoms with Crippen LogP contribution < -0.4 is 5.32 Å². The van der Waals surface area contributed by atoms with Crippen molar-refractivity contribution in [1.82, 2.24) is 9.78 Å². The number of hydrogen-bond donors (Lipinski definition) is 1. The van der Waals surface area contributed by atoms with Crippen LogP contribution in [0.15, 0.2) is 60.9 Å². The quantitative estimate of drug-likeness (QED) is 0.721. The summed E-state index contributed by atoms with van der Waals surface area (Å²) in [5.74, 6) is -0.890. The number of ether oxygens (including phenoxy) is 1. The first-order valence-electron chi connectivity index (χ1n) is 8.01. The molecule has 0 saturated heterocycles. The molecule has 0 saturated carbocycles. The maximum absolute atomic E-state index is 12.7. The van der Waals surface area contributed by atoms with E-state index in [2.05, 4.69) is 10.4 Å². The predicted molar refractivity (Wildman–Crippen MR) is 96.6 cm³/mol. The second kappa shape index (κ2) is 6.65. The molecule has 130 valence electrons. The van der Waals surface area contributed by atoms with Crippen LogP contribution >= 0.6 is 11.6 Å². The Morgan fingerprint density at radius 3 is 2.88 bits per heavy atom. The number of nitrogens with one attached hydrogen (secondary N) is 1. The lowest BCUT2D eigenvalue weighted by Crippen LogP contribution is -2.38. The molecule has 1 atom stereocenters. The molecule has 7 heteroatoms. The Kier molecular flexibility index (Phi) is 4.18. The summed E-state index contributed by atoms with van der Waals surface area (Å²) in [6.07, 6.45) is 2.82. The minimum absolute atomic E-state index is 0.332. The van der Waals surface area contributed by atoms with Crippen LogP contribution in [0.3, 0.4) is 0 Å². The number of anilines is 1. The highest BCUT2D eigenvalue weighted by atomic mass is 35.5. The number of nitrogens with zero attached hydrogens (tertiary/aromatic N) is 2.